The van der Waals surface area contributed by atoms with Crippen molar-refractivity contribution in [3.63, 3.8) is 0 Å². The molecule has 3 heterocycles. The van der Waals surface area contributed by atoms with Gasteiger partial charge in [-0.3, -0.25) is 14.0 Å². The minimum atomic E-state index is -0.891. The van der Waals surface area contributed by atoms with Crippen LogP contribution in [0, 0.1) is 12.7 Å². The van der Waals surface area contributed by atoms with Crippen molar-refractivity contribution in [2.75, 3.05) is 29.9 Å². The molecule has 0 spiro atoms. The Bertz CT molecular complexity index is 1040. The highest BCUT2D eigenvalue weighted by Gasteiger charge is 2.28. The van der Waals surface area contributed by atoms with Crippen LogP contribution in [0.5, 0.6) is 0 Å². The second kappa shape index (κ2) is 9.17. The van der Waals surface area contributed by atoms with E-state index < -0.39 is 16.6 Å². The lowest BCUT2D eigenvalue weighted by Crippen LogP contribution is -2.41. The topological polar surface area (TPSA) is 75.4 Å². The Balaban J connectivity index is 0.00000117. The number of aromatic nitrogens is 1. The van der Waals surface area contributed by atoms with Crippen LogP contribution in [-0.4, -0.2) is 44.6 Å². The van der Waals surface area contributed by atoms with Gasteiger partial charge in [-0.2, -0.15) is 0 Å². The number of furan rings is 1. The van der Waals surface area contributed by atoms with E-state index in [0.29, 0.717) is 41.3 Å². The fraction of sp³-hybridized carbons (Fsp3) is 0.333. The monoisotopic (exact) mass is 417 g/mol. The summed E-state index contributed by atoms with van der Waals surface area (Å²) in [5, 5.41) is 3.60. The van der Waals surface area contributed by atoms with Crippen molar-refractivity contribution in [1.82, 2.24) is 9.88 Å². The summed E-state index contributed by atoms with van der Waals surface area (Å²) in [5.41, 5.74) is 1.93. The van der Waals surface area contributed by atoms with Gasteiger partial charge < -0.3 is 14.6 Å². The van der Waals surface area contributed by atoms with Crippen LogP contribution in [0.2, 0.25) is 0 Å². The lowest BCUT2D eigenvalue weighted by Gasteiger charge is -2.25. The van der Waals surface area contributed by atoms with Gasteiger partial charge in [0.15, 0.2) is 0 Å². The smallest absolute Gasteiger partial charge is 0.291 e. The molecule has 29 heavy (non-hydrogen) atoms. The van der Waals surface area contributed by atoms with Crippen molar-refractivity contribution in [1.29, 1.82) is 0 Å². The van der Waals surface area contributed by atoms with Gasteiger partial charge in [-0.1, -0.05) is 19.9 Å². The first kappa shape index (κ1) is 21.0. The van der Waals surface area contributed by atoms with E-state index in [2.05, 4.69) is 10.3 Å². The Morgan fingerprint density at radius 3 is 2.66 bits per heavy atom. The third-order valence-electron chi connectivity index (χ3n) is 4.53. The average Bonchev–Trinajstić information content (AvgIpc) is 3.10. The number of carbonyl (C=O) groups is 1. The van der Waals surface area contributed by atoms with Gasteiger partial charge in [-0.05, 0) is 30.7 Å². The molecule has 0 atom stereocenters. The predicted molar refractivity (Wildman–Crippen MR) is 114 cm³/mol. The predicted octanol–water partition coefficient (Wildman–Crippen LogP) is 4.25. The van der Waals surface area contributed by atoms with Gasteiger partial charge in [-0.25, -0.2) is 4.39 Å². The van der Waals surface area contributed by atoms with Gasteiger partial charge in [0.05, 0.1) is 11.1 Å². The van der Waals surface area contributed by atoms with E-state index in [1.807, 2.05) is 13.8 Å². The lowest BCUT2D eigenvalue weighted by molar-refractivity contribution is 0.0743. The van der Waals surface area contributed by atoms with Crippen LogP contribution in [0.3, 0.4) is 0 Å². The zero-order valence-corrected chi connectivity index (χ0v) is 17.5. The number of anilines is 2. The first-order chi connectivity index (χ1) is 14.0. The number of nitrogens with zero attached hydrogens (tertiary/aromatic N) is 2. The molecule has 1 aromatic carbocycles. The van der Waals surface area contributed by atoms with E-state index >= 15 is 0 Å². The minimum Gasteiger partial charge on any atom is -0.448 e. The fourth-order valence-electron chi connectivity index (χ4n) is 3.06. The molecule has 0 unspecified atom stereocenters. The summed E-state index contributed by atoms with van der Waals surface area (Å²) in [6, 6.07) is 6.49. The molecule has 154 valence electrons. The Morgan fingerprint density at radius 2 is 1.97 bits per heavy atom. The molecule has 4 rings (SSSR count). The quantitative estimate of drug-likeness (QED) is 0.690. The number of benzene rings is 1. The highest BCUT2D eigenvalue weighted by atomic mass is 32.2. The molecule has 0 saturated carbocycles. The maximum atomic E-state index is 14.3. The highest BCUT2D eigenvalue weighted by Crippen LogP contribution is 2.34. The number of fused-ring (bicyclic) bond motifs is 1. The maximum Gasteiger partial charge on any atom is 0.291 e. The molecule has 3 aromatic rings. The standard InChI is InChI=1S/C19H18FN3O3S.C2H6/c1-12-2-3-15(14(20)10-12)22-17-13-11-21-5-4-16(13)26-18(17)19(24)23-6-8-27(25)9-7-23;1-2/h2-5,10-11,22H,6-9H2,1H3;1-2H3. The molecule has 1 saturated heterocycles. The summed E-state index contributed by atoms with van der Waals surface area (Å²) in [4.78, 5) is 18.7. The van der Waals surface area contributed by atoms with Crippen molar-refractivity contribution in [2.45, 2.75) is 20.8 Å². The Kier molecular flexibility index (Phi) is 6.64. The number of carbonyl (C=O) groups excluding carboxylic acids is 1. The highest BCUT2D eigenvalue weighted by molar-refractivity contribution is 7.85. The first-order valence-corrected chi connectivity index (χ1v) is 11.1. The van der Waals surface area contributed by atoms with Crippen molar-refractivity contribution in [2.24, 2.45) is 0 Å². The van der Waals surface area contributed by atoms with Crippen LogP contribution in [0.15, 0.2) is 41.1 Å². The number of amides is 1. The van der Waals surface area contributed by atoms with E-state index in [4.69, 9.17) is 4.42 Å². The van der Waals surface area contributed by atoms with Crippen LogP contribution in [0.4, 0.5) is 15.8 Å². The number of pyridine rings is 1. The van der Waals surface area contributed by atoms with Gasteiger partial charge in [0.2, 0.25) is 5.76 Å². The number of halogens is 1. The van der Waals surface area contributed by atoms with Crippen LogP contribution in [-0.2, 0) is 10.8 Å². The molecule has 1 aliphatic heterocycles. The minimum absolute atomic E-state index is 0.102. The van der Waals surface area contributed by atoms with Gasteiger partial charge in [0.25, 0.3) is 5.91 Å². The summed E-state index contributed by atoms with van der Waals surface area (Å²) < 4.78 is 31.7. The molecule has 8 heteroatoms. The summed E-state index contributed by atoms with van der Waals surface area (Å²) >= 11 is 0. The van der Waals surface area contributed by atoms with Crippen molar-refractivity contribution < 1.29 is 17.8 Å². The van der Waals surface area contributed by atoms with Gasteiger partial charge in [0.1, 0.15) is 17.1 Å². The second-order valence-electron chi connectivity index (χ2n) is 6.43. The van der Waals surface area contributed by atoms with Crippen molar-refractivity contribution in [3.05, 3.63) is 53.8 Å². The molecular formula is C21H24FN3O3S. The lowest BCUT2D eigenvalue weighted by atomic mass is 10.2. The summed E-state index contributed by atoms with van der Waals surface area (Å²) in [6.45, 7) is 6.61. The summed E-state index contributed by atoms with van der Waals surface area (Å²) in [6.07, 6.45) is 3.15. The van der Waals surface area contributed by atoms with Crippen LogP contribution >= 0.6 is 0 Å². The maximum absolute atomic E-state index is 14.3. The average molecular weight is 418 g/mol. The molecule has 0 bridgehead atoms. The molecule has 6 nitrogen and oxygen atoms in total. The Hall–Kier alpha value is -2.74. The molecule has 0 aliphatic carbocycles. The van der Waals surface area contributed by atoms with E-state index in [1.165, 1.54) is 6.07 Å². The van der Waals surface area contributed by atoms with E-state index in [1.54, 1.807) is 42.4 Å². The van der Waals surface area contributed by atoms with Crippen LogP contribution in [0.25, 0.3) is 11.0 Å². The van der Waals surface area contributed by atoms with Crippen LogP contribution < -0.4 is 5.32 Å². The molecule has 1 fully saturated rings. The molecule has 1 N–H and O–H groups in total. The van der Waals surface area contributed by atoms with Crippen molar-refractivity contribution >= 4 is 39.1 Å². The zero-order chi connectivity index (χ0) is 21.0. The fourth-order valence-corrected chi connectivity index (χ4v) is 4.11. The van der Waals surface area contributed by atoms with E-state index in [9.17, 15) is 13.4 Å². The molecule has 0 radical (unpaired) electrons. The molecule has 2 aromatic heterocycles. The molecule has 1 amide bonds. The summed E-state index contributed by atoms with van der Waals surface area (Å²) in [5.74, 6) is 0.273. The van der Waals surface area contributed by atoms with Gasteiger partial charge >= 0.3 is 0 Å². The van der Waals surface area contributed by atoms with Gasteiger partial charge in [-0.15, -0.1) is 0 Å². The number of hydrogen-bond donors (Lipinski definition) is 1. The SMILES string of the molecule is CC.Cc1ccc(Nc2c(C(=O)N3CCS(=O)CC3)oc3ccncc23)c(F)c1. The summed E-state index contributed by atoms with van der Waals surface area (Å²) in [7, 11) is -0.891. The normalized spacial score (nSPS) is 14.4. The third kappa shape index (κ3) is 4.48. The van der Waals surface area contributed by atoms with E-state index in [0.717, 1.165) is 5.56 Å². The zero-order valence-electron chi connectivity index (χ0n) is 16.7. The molecule has 1 aliphatic rings. The number of nitrogens with one attached hydrogen (secondary N) is 1. The van der Waals surface area contributed by atoms with Crippen molar-refractivity contribution in [3.8, 4) is 0 Å². The number of rotatable bonds is 3. The largest absolute Gasteiger partial charge is 0.448 e. The number of aryl methyl sites for hydroxylation is 1. The third-order valence-corrected chi connectivity index (χ3v) is 5.81. The Labute approximate surface area is 171 Å². The van der Waals surface area contributed by atoms with Crippen LogP contribution in [0.1, 0.15) is 30.0 Å². The van der Waals surface area contributed by atoms with Gasteiger partial charge in [0, 0.05) is 47.8 Å². The Morgan fingerprint density at radius 1 is 1.24 bits per heavy atom. The molecular weight excluding hydrogens is 393 g/mol. The second-order valence-corrected chi connectivity index (χ2v) is 8.12. The van der Waals surface area contributed by atoms with E-state index in [-0.39, 0.29) is 17.4 Å². The number of hydrogen-bond acceptors (Lipinski definition) is 5. The first-order valence-electron chi connectivity index (χ1n) is 9.57.